The maximum atomic E-state index is 7.30. The van der Waals surface area contributed by atoms with Gasteiger partial charge in [-0.25, -0.2) is 0 Å². The van der Waals surface area contributed by atoms with Crippen molar-refractivity contribution in [3.8, 4) is 23.3 Å². The Hall–Kier alpha value is -5.06. The number of benzene rings is 3. The highest BCUT2D eigenvalue weighted by Crippen LogP contribution is 2.47. The fourth-order valence-corrected chi connectivity index (χ4v) is 11.1. The highest BCUT2D eigenvalue weighted by molar-refractivity contribution is 5.91. The van der Waals surface area contributed by atoms with Crippen LogP contribution in [0, 0.1) is 23.7 Å². The van der Waals surface area contributed by atoms with Gasteiger partial charge < -0.3 is 18.9 Å². The van der Waals surface area contributed by atoms with Crippen molar-refractivity contribution in [3.05, 3.63) is 96.3 Å². The molecule has 6 saturated heterocycles. The average molecular weight is 779 g/mol. The van der Waals surface area contributed by atoms with E-state index in [0.717, 1.165) is 94.2 Å². The van der Waals surface area contributed by atoms with Gasteiger partial charge in [0.1, 0.15) is 23.7 Å². The Kier molecular flexibility index (Phi) is 10.0. The van der Waals surface area contributed by atoms with Gasteiger partial charge in [-0.1, -0.05) is 38.8 Å². The molecule has 0 N–H and O–H groups in total. The Balaban J connectivity index is 1.06. The molecule has 0 saturated carbocycles. The SMILES string of the molecule is CC[C@H]1CN2CCC1C[C@H]2[C@H](Oc1nnc(O[C@H](c2ccnc3ccc(OC)cc23)[C@@H]2CC3CCN2C[C@@H]3CC)c2ccccc12)c1ccnc2ccc(OC)cc12. The van der Waals surface area contributed by atoms with Crippen LogP contribution >= 0.6 is 0 Å². The van der Waals surface area contributed by atoms with Crippen molar-refractivity contribution in [1.29, 1.82) is 0 Å². The van der Waals surface area contributed by atoms with E-state index in [4.69, 9.17) is 39.1 Å². The topological polar surface area (TPSA) is 95.0 Å². The van der Waals surface area contributed by atoms with Crippen LogP contribution in [0.4, 0.5) is 0 Å². The van der Waals surface area contributed by atoms with Gasteiger partial charge in [-0.15, -0.1) is 10.2 Å². The summed E-state index contributed by atoms with van der Waals surface area (Å²) in [6, 6.07) is 25.1. The van der Waals surface area contributed by atoms with E-state index in [1.54, 1.807) is 14.2 Å². The Morgan fingerprint density at radius 2 is 1.07 bits per heavy atom. The highest BCUT2D eigenvalue weighted by Gasteiger charge is 2.46. The molecule has 12 rings (SSSR count). The Morgan fingerprint density at radius 1 is 0.603 bits per heavy atom. The number of aromatic nitrogens is 4. The molecular weight excluding hydrogens is 725 g/mol. The maximum Gasteiger partial charge on any atom is 0.242 e. The summed E-state index contributed by atoms with van der Waals surface area (Å²) in [6.07, 6.45) is 10.2. The molecule has 0 radical (unpaired) electrons. The second-order valence-electron chi connectivity index (χ2n) is 17.0. The monoisotopic (exact) mass is 778 g/mol. The molecule has 6 fully saturated rings. The average Bonchev–Trinajstić information content (AvgIpc) is 3.29. The molecule has 10 heteroatoms. The van der Waals surface area contributed by atoms with Crippen molar-refractivity contribution in [2.24, 2.45) is 23.7 Å². The first-order valence-electron chi connectivity index (χ1n) is 21.5. The quantitative estimate of drug-likeness (QED) is 0.120. The van der Waals surface area contributed by atoms with Crippen molar-refractivity contribution in [2.45, 2.75) is 76.7 Å². The van der Waals surface area contributed by atoms with Gasteiger partial charge in [0.2, 0.25) is 11.8 Å². The van der Waals surface area contributed by atoms with Gasteiger partial charge in [0.25, 0.3) is 0 Å². The van der Waals surface area contributed by atoms with E-state index in [9.17, 15) is 0 Å². The van der Waals surface area contributed by atoms with Crippen LogP contribution in [0.25, 0.3) is 32.6 Å². The van der Waals surface area contributed by atoms with Crippen LogP contribution in [-0.4, -0.2) is 82.4 Å². The van der Waals surface area contributed by atoms with E-state index in [2.05, 4.69) is 72.2 Å². The lowest BCUT2D eigenvalue weighted by atomic mass is 9.72. The lowest BCUT2D eigenvalue weighted by Crippen LogP contribution is -2.56. The molecule has 6 aromatic rings. The van der Waals surface area contributed by atoms with Crippen LogP contribution < -0.4 is 18.9 Å². The second-order valence-corrected chi connectivity index (χ2v) is 17.0. The third-order valence-corrected chi connectivity index (χ3v) is 14.3. The molecule has 0 amide bonds. The zero-order valence-corrected chi connectivity index (χ0v) is 34.1. The Morgan fingerprint density at radius 3 is 1.47 bits per heavy atom. The van der Waals surface area contributed by atoms with Crippen LogP contribution in [0.2, 0.25) is 0 Å². The number of methoxy groups -OCH3 is 2. The van der Waals surface area contributed by atoms with E-state index < -0.39 is 0 Å². The maximum absolute atomic E-state index is 7.30. The van der Waals surface area contributed by atoms with Crippen LogP contribution in [0.1, 0.15) is 75.7 Å². The minimum atomic E-state index is -0.300. The van der Waals surface area contributed by atoms with Gasteiger partial charge in [0.05, 0.1) is 48.1 Å². The van der Waals surface area contributed by atoms with Gasteiger partial charge >= 0.3 is 0 Å². The highest BCUT2D eigenvalue weighted by atomic mass is 16.5. The van der Waals surface area contributed by atoms with Crippen molar-refractivity contribution in [3.63, 3.8) is 0 Å². The van der Waals surface area contributed by atoms with E-state index >= 15 is 0 Å². The predicted molar refractivity (Wildman–Crippen MR) is 227 cm³/mol. The summed E-state index contributed by atoms with van der Waals surface area (Å²) in [5.41, 5.74) is 4.01. The van der Waals surface area contributed by atoms with Crippen molar-refractivity contribution < 1.29 is 18.9 Å². The van der Waals surface area contributed by atoms with Crippen molar-refractivity contribution in [1.82, 2.24) is 30.0 Å². The summed E-state index contributed by atoms with van der Waals surface area (Å²) in [6.45, 7) is 9.00. The van der Waals surface area contributed by atoms with Gasteiger partial charge in [-0.3, -0.25) is 19.8 Å². The number of rotatable bonds is 12. The summed E-state index contributed by atoms with van der Waals surface area (Å²) in [5, 5.41) is 13.7. The number of piperidine rings is 6. The minimum Gasteiger partial charge on any atom is -0.497 e. The number of pyridine rings is 2. The Bertz CT molecular complexity index is 2280. The summed E-state index contributed by atoms with van der Waals surface area (Å²) >= 11 is 0. The molecule has 300 valence electrons. The van der Waals surface area contributed by atoms with Gasteiger partial charge in [0.15, 0.2) is 0 Å². The number of hydrogen-bond donors (Lipinski definition) is 0. The molecule has 3 aromatic carbocycles. The lowest BCUT2D eigenvalue weighted by Gasteiger charge is -2.52. The smallest absolute Gasteiger partial charge is 0.242 e. The van der Waals surface area contributed by atoms with E-state index in [1.165, 1.54) is 25.7 Å². The summed E-state index contributed by atoms with van der Waals surface area (Å²) in [7, 11) is 3.42. The van der Waals surface area contributed by atoms with E-state index in [-0.39, 0.29) is 24.3 Å². The standard InChI is InChI=1S/C48H54N6O4/c1-5-29-27-53-21-17-31(29)23-43(53)45(35-15-19-49-41-13-11-33(55-3)25-39(35)41)57-47-37-9-7-8-10-38(37)48(52-51-47)58-46(44-24-32-18-22-54(44)28-30(32)6-2)36-16-20-50-42-14-12-34(56-4)26-40(36)42/h7-16,19-20,25-26,29-32,43-46H,5-6,17-18,21-24,27-28H2,1-4H3/t29-,30-,31?,32?,43-,44-,45+,46+/m0/s1. The first kappa shape index (κ1) is 37.2. The minimum absolute atomic E-state index is 0.180. The number of fused-ring (bicyclic) bond motifs is 9. The fourth-order valence-electron chi connectivity index (χ4n) is 11.1. The van der Waals surface area contributed by atoms with Crippen LogP contribution in [-0.2, 0) is 0 Å². The largest absolute Gasteiger partial charge is 0.497 e. The zero-order valence-electron chi connectivity index (χ0n) is 34.1. The summed E-state index contributed by atoms with van der Waals surface area (Å²) in [5.74, 6) is 5.39. The predicted octanol–water partition coefficient (Wildman–Crippen LogP) is 9.22. The third-order valence-electron chi connectivity index (χ3n) is 14.3. The molecule has 6 aliphatic heterocycles. The molecule has 4 unspecified atom stereocenters. The zero-order chi connectivity index (χ0) is 39.3. The third kappa shape index (κ3) is 6.58. The van der Waals surface area contributed by atoms with E-state index in [0.29, 0.717) is 35.4 Å². The molecule has 0 aliphatic carbocycles. The first-order chi connectivity index (χ1) is 28.5. The van der Waals surface area contributed by atoms with Crippen LogP contribution in [0.15, 0.2) is 85.2 Å². The first-order valence-corrected chi connectivity index (χ1v) is 21.5. The van der Waals surface area contributed by atoms with Crippen LogP contribution in [0.5, 0.6) is 23.3 Å². The molecule has 58 heavy (non-hydrogen) atoms. The summed E-state index contributed by atoms with van der Waals surface area (Å²) < 4.78 is 26.0. The van der Waals surface area contributed by atoms with Gasteiger partial charge in [0, 0.05) is 47.4 Å². The summed E-state index contributed by atoms with van der Waals surface area (Å²) in [4.78, 5) is 14.8. The molecule has 3 aromatic heterocycles. The molecule has 4 bridgehead atoms. The van der Waals surface area contributed by atoms with Crippen molar-refractivity contribution >= 4 is 32.6 Å². The van der Waals surface area contributed by atoms with Gasteiger partial charge in [-0.05, 0) is 123 Å². The Labute approximate surface area is 340 Å². The fraction of sp³-hybridized carbons (Fsp3) is 0.458. The molecular formula is C48H54N6O4. The molecule has 6 aliphatic rings. The van der Waals surface area contributed by atoms with Crippen LogP contribution in [0.3, 0.4) is 0 Å². The number of ether oxygens (including phenoxy) is 4. The van der Waals surface area contributed by atoms with Crippen molar-refractivity contribution in [2.75, 3.05) is 40.4 Å². The number of nitrogens with zero attached hydrogens (tertiary/aromatic N) is 6. The lowest BCUT2D eigenvalue weighted by molar-refractivity contribution is -0.0505. The second kappa shape index (κ2) is 15.6. The molecule has 10 nitrogen and oxygen atoms in total. The molecule has 0 spiro atoms. The molecule has 10 atom stereocenters. The van der Waals surface area contributed by atoms with Gasteiger partial charge in [-0.2, -0.15) is 0 Å². The normalized spacial score (nSPS) is 27.4. The molecule has 9 heterocycles. The van der Waals surface area contributed by atoms with E-state index in [1.807, 2.05) is 36.7 Å². The number of hydrogen-bond acceptors (Lipinski definition) is 10.